The molecule has 1 aromatic heterocycles. The van der Waals surface area contributed by atoms with Gasteiger partial charge in [-0.1, -0.05) is 13.8 Å². The summed E-state index contributed by atoms with van der Waals surface area (Å²) in [6, 6.07) is 1.83. The van der Waals surface area contributed by atoms with Crippen molar-refractivity contribution in [2.75, 3.05) is 11.9 Å². The van der Waals surface area contributed by atoms with Crippen molar-refractivity contribution in [2.45, 2.75) is 52.4 Å². The van der Waals surface area contributed by atoms with Gasteiger partial charge in [0.2, 0.25) is 0 Å². The quantitative estimate of drug-likeness (QED) is 0.870. The van der Waals surface area contributed by atoms with Gasteiger partial charge < -0.3 is 10.4 Å². The largest absolute Gasteiger partial charge is 0.478 e. The molecule has 0 unspecified atom stereocenters. The van der Waals surface area contributed by atoms with Crippen LogP contribution in [0.3, 0.4) is 0 Å². The lowest BCUT2D eigenvalue weighted by atomic mass is 9.92. The summed E-state index contributed by atoms with van der Waals surface area (Å²) < 4.78 is 0. The van der Waals surface area contributed by atoms with E-state index in [2.05, 4.69) is 24.1 Å². The second kappa shape index (κ2) is 5.32. The molecule has 0 atom stereocenters. The summed E-state index contributed by atoms with van der Waals surface area (Å²) in [5, 5.41) is 12.8. The van der Waals surface area contributed by atoms with E-state index in [1.165, 1.54) is 12.8 Å². The molecular weight excluding hydrogens is 264 g/mol. The molecule has 4 nitrogen and oxygen atoms in total. The molecule has 1 saturated carbocycles. The second-order valence-electron chi connectivity index (χ2n) is 6.87. The van der Waals surface area contributed by atoms with E-state index in [0.717, 1.165) is 43.5 Å². The molecule has 1 fully saturated rings. The van der Waals surface area contributed by atoms with E-state index in [9.17, 15) is 9.90 Å². The first-order valence-corrected chi connectivity index (χ1v) is 8.02. The lowest BCUT2D eigenvalue weighted by molar-refractivity contribution is 0.0697. The monoisotopic (exact) mass is 288 g/mol. The molecule has 0 saturated heterocycles. The van der Waals surface area contributed by atoms with Crippen LogP contribution in [0.1, 0.15) is 61.1 Å². The van der Waals surface area contributed by atoms with Crippen molar-refractivity contribution in [1.29, 1.82) is 0 Å². The van der Waals surface area contributed by atoms with Crippen LogP contribution < -0.4 is 5.32 Å². The van der Waals surface area contributed by atoms with Crippen LogP contribution in [-0.4, -0.2) is 22.6 Å². The number of hydrogen-bond donors (Lipinski definition) is 2. The maximum absolute atomic E-state index is 11.5. The van der Waals surface area contributed by atoms with Crippen molar-refractivity contribution in [3.8, 4) is 0 Å². The summed E-state index contributed by atoms with van der Waals surface area (Å²) in [5.74, 6) is 0.304. The molecule has 0 aliphatic heterocycles. The molecule has 4 heteroatoms. The number of carboxylic acid groups (broad SMARTS) is 1. The van der Waals surface area contributed by atoms with Crippen molar-refractivity contribution in [2.24, 2.45) is 11.3 Å². The molecule has 1 heterocycles. The average Bonchev–Trinajstić information content (AvgIpc) is 3.25. The van der Waals surface area contributed by atoms with Gasteiger partial charge in [-0.3, -0.25) is 0 Å². The van der Waals surface area contributed by atoms with E-state index in [4.69, 9.17) is 0 Å². The van der Waals surface area contributed by atoms with Crippen LogP contribution in [0, 0.1) is 11.3 Å². The van der Waals surface area contributed by atoms with Crippen LogP contribution >= 0.6 is 0 Å². The maximum atomic E-state index is 11.5. The van der Waals surface area contributed by atoms with E-state index in [0.29, 0.717) is 22.7 Å². The van der Waals surface area contributed by atoms with E-state index in [-0.39, 0.29) is 0 Å². The highest BCUT2D eigenvalue weighted by Crippen LogP contribution is 2.51. The Hall–Kier alpha value is -1.58. The number of nitrogens with zero attached hydrogens (tertiary/aromatic N) is 1. The minimum atomic E-state index is -0.882. The molecule has 0 amide bonds. The van der Waals surface area contributed by atoms with Crippen molar-refractivity contribution in [3.63, 3.8) is 0 Å². The Balaban J connectivity index is 1.84. The van der Waals surface area contributed by atoms with Gasteiger partial charge in [0.1, 0.15) is 11.4 Å². The lowest BCUT2D eigenvalue weighted by Crippen LogP contribution is -2.23. The first-order chi connectivity index (χ1) is 10.0. The van der Waals surface area contributed by atoms with Gasteiger partial charge in [-0.2, -0.15) is 0 Å². The first-order valence-electron chi connectivity index (χ1n) is 8.02. The van der Waals surface area contributed by atoms with Gasteiger partial charge >= 0.3 is 5.97 Å². The number of aromatic carboxylic acids is 1. The molecule has 114 valence electrons. The SMILES string of the molecule is CC(C)C1(CNc2nc3c(cc2C(=O)O)CCCC3)CC1. The van der Waals surface area contributed by atoms with Gasteiger partial charge in [0.05, 0.1) is 0 Å². The number of rotatable bonds is 5. The highest BCUT2D eigenvalue weighted by molar-refractivity contribution is 5.93. The number of aromatic nitrogens is 1. The number of fused-ring (bicyclic) bond motifs is 1. The number of nitrogens with one attached hydrogen (secondary N) is 1. The fourth-order valence-electron chi connectivity index (χ4n) is 3.31. The minimum Gasteiger partial charge on any atom is -0.478 e. The predicted molar refractivity (Wildman–Crippen MR) is 82.8 cm³/mol. The summed E-state index contributed by atoms with van der Waals surface area (Å²) in [5.41, 5.74) is 2.88. The Morgan fingerprint density at radius 2 is 2.10 bits per heavy atom. The Kier molecular flexibility index (Phi) is 3.64. The van der Waals surface area contributed by atoms with Crippen LogP contribution in [0.5, 0.6) is 0 Å². The fraction of sp³-hybridized carbons (Fsp3) is 0.647. The zero-order chi connectivity index (χ0) is 15.0. The van der Waals surface area contributed by atoms with Crippen LogP contribution in [0.25, 0.3) is 0 Å². The van der Waals surface area contributed by atoms with Crippen LogP contribution in [0.4, 0.5) is 5.82 Å². The van der Waals surface area contributed by atoms with E-state index >= 15 is 0 Å². The lowest BCUT2D eigenvalue weighted by Gasteiger charge is -2.22. The molecule has 1 aromatic rings. The summed E-state index contributed by atoms with van der Waals surface area (Å²) in [7, 11) is 0. The smallest absolute Gasteiger partial charge is 0.339 e. The van der Waals surface area contributed by atoms with Gasteiger partial charge in [-0.05, 0) is 61.5 Å². The molecular formula is C17H24N2O2. The van der Waals surface area contributed by atoms with Gasteiger partial charge in [-0.15, -0.1) is 0 Å². The van der Waals surface area contributed by atoms with E-state index in [1.54, 1.807) is 0 Å². The van der Waals surface area contributed by atoms with Crippen molar-refractivity contribution in [1.82, 2.24) is 4.98 Å². The molecule has 2 aliphatic rings. The zero-order valence-corrected chi connectivity index (χ0v) is 12.9. The van der Waals surface area contributed by atoms with Crippen molar-refractivity contribution in [3.05, 3.63) is 22.9 Å². The number of carbonyl (C=O) groups is 1. The van der Waals surface area contributed by atoms with E-state index < -0.39 is 5.97 Å². The molecule has 21 heavy (non-hydrogen) atoms. The molecule has 2 aliphatic carbocycles. The summed E-state index contributed by atoms with van der Waals surface area (Å²) in [6.07, 6.45) is 6.67. The number of anilines is 1. The number of aryl methyl sites for hydroxylation is 2. The molecule has 0 bridgehead atoms. The normalized spacial score (nSPS) is 19.2. The number of hydrogen-bond acceptors (Lipinski definition) is 3. The summed E-state index contributed by atoms with van der Waals surface area (Å²) in [4.78, 5) is 16.1. The third-order valence-electron chi connectivity index (χ3n) is 5.26. The number of carboxylic acids is 1. The van der Waals surface area contributed by atoms with Crippen LogP contribution in [0.2, 0.25) is 0 Å². The molecule has 3 rings (SSSR count). The molecule has 2 N–H and O–H groups in total. The molecule has 0 spiro atoms. The van der Waals surface area contributed by atoms with Gasteiger partial charge in [0, 0.05) is 12.2 Å². The molecule has 0 aromatic carbocycles. The van der Waals surface area contributed by atoms with Gasteiger partial charge in [0.15, 0.2) is 0 Å². The fourth-order valence-corrected chi connectivity index (χ4v) is 3.31. The Morgan fingerprint density at radius 3 is 2.71 bits per heavy atom. The number of pyridine rings is 1. The standard InChI is InChI=1S/C17H24N2O2/c1-11(2)17(7-8-17)10-18-15-13(16(20)21)9-12-5-3-4-6-14(12)19-15/h9,11H,3-8,10H2,1-2H3,(H,18,19)(H,20,21). The van der Waals surface area contributed by atoms with Crippen molar-refractivity contribution >= 4 is 11.8 Å². The highest BCUT2D eigenvalue weighted by Gasteiger charge is 2.45. The zero-order valence-electron chi connectivity index (χ0n) is 12.9. The summed E-state index contributed by atoms with van der Waals surface area (Å²) >= 11 is 0. The Bertz CT molecular complexity index is 562. The molecule has 0 radical (unpaired) electrons. The van der Waals surface area contributed by atoms with Crippen LogP contribution in [-0.2, 0) is 12.8 Å². The Labute approximate surface area is 126 Å². The van der Waals surface area contributed by atoms with Crippen molar-refractivity contribution < 1.29 is 9.90 Å². The summed E-state index contributed by atoms with van der Waals surface area (Å²) in [6.45, 7) is 5.32. The maximum Gasteiger partial charge on any atom is 0.339 e. The third kappa shape index (κ3) is 2.76. The Morgan fingerprint density at radius 1 is 1.38 bits per heavy atom. The second-order valence-corrected chi connectivity index (χ2v) is 6.87. The average molecular weight is 288 g/mol. The third-order valence-corrected chi connectivity index (χ3v) is 5.26. The minimum absolute atomic E-state index is 0.329. The predicted octanol–water partition coefficient (Wildman–Crippen LogP) is 3.51. The highest BCUT2D eigenvalue weighted by atomic mass is 16.4. The van der Waals surface area contributed by atoms with Crippen LogP contribution in [0.15, 0.2) is 6.07 Å². The van der Waals surface area contributed by atoms with Gasteiger partial charge in [-0.25, -0.2) is 9.78 Å². The van der Waals surface area contributed by atoms with E-state index in [1.807, 2.05) is 6.07 Å². The topological polar surface area (TPSA) is 62.2 Å². The van der Waals surface area contributed by atoms with Gasteiger partial charge in [0.25, 0.3) is 0 Å². The first kappa shape index (κ1) is 14.4.